The van der Waals surface area contributed by atoms with E-state index >= 15 is 0 Å². The first-order chi connectivity index (χ1) is 7.83. The van der Waals surface area contributed by atoms with Gasteiger partial charge in [-0.15, -0.1) is 0 Å². The van der Waals surface area contributed by atoms with E-state index in [9.17, 15) is 4.21 Å². The van der Waals surface area contributed by atoms with Crippen LogP contribution < -0.4 is 4.74 Å². The fourth-order valence-corrected chi connectivity index (χ4v) is 3.32. The van der Waals surface area contributed by atoms with E-state index in [1.54, 1.807) is 7.11 Å². The molecule has 1 aliphatic rings. The second-order valence-electron chi connectivity index (χ2n) is 3.89. The molecule has 0 radical (unpaired) electrons. The summed E-state index contributed by atoms with van der Waals surface area (Å²) in [6.45, 7) is 1.84. The van der Waals surface area contributed by atoms with Crippen molar-refractivity contribution < 1.29 is 8.95 Å². The number of para-hydroxylation sites is 1. The fraction of sp³-hybridized carbons (Fsp3) is 0.500. The zero-order valence-corrected chi connectivity index (χ0v) is 10.3. The second-order valence-corrected chi connectivity index (χ2v) is 5.34. The maximum Gasteiger partial charge on any atom is 0.136 e. The summed E-state index contributed by atoms with van der Waals surface area (Å²) < 4.78 is 19.6. The van der Waals surface area contributed by atoms with Crippen LogP contribution in [0.5, 0.6) is 5.75 Å². The number of piperidine rings is 1. The number of methoxy groups -OCH3 is 1. The SMILES string of the molecule is COc1ccccc1S(=O)N1CCCCC1. The van der Waals surface area contributed by atoms with E-state index in [-0.39, 0.29) is 0 Å². The highest BCUT2D eigenvalue weighted by Crippen LogP contribution is 2.24. The van der Waals surface area contributed by atoms with E-state index in [0.29, 0.717) is 5.75 Å². The molecule has 0 saturated carbocycles. The summed E-state index contributed by atoms with van der Waals surface area (Å²) in [4.78, 5) is 0.784. The third-order valence-corrected chi connectivity index (χ3v) is 4.35. The van der Waals surface area contributed by atoms with Crippen LogP contribution in [-0.4, -0.2) is 28.7 Å². The van der Waals surface area contributed by atoms with Crippen molar-refractivity contribution in [2.45, 2.75) is 24.2 Å². The summed E-state index contributed by atoms with van der Waals surface area (Å²) >= 11 is 0. The van der Waals surface area contributed by atoms with Gasteiger partial charge in [-0.3, -0.25) is 0 Å². The molecule has 1 unspecified atom stereocenters. The van der Waals surface area contributed by atoms with Gasteiger partial charge in [-0.25, -0.2) is 8.51 Å². The third-order valence-electron chi connectivity index (χ3n) is 2.81. The Morgan fingerprint density at radius 1 is 1.19 bits per heavy atom. The highest BCUT2D eigenvalue weighted by Gasteiger charge is 2.20. The highest BCUT2D eigenvalue weighted by atomic mass is 32.2. The van der Waals surface area contributed by atoms with Crippen LogP contribution in [0.1, 0.15) is 19.3 Å². The monoisotopic (exact) mass is 239 g/mol. The standard InChI is InChI=1S/C12H17NO2S/c1-15-11-7-3-4-8-12(11)16(14)13-9-5-2-6-10-13/h3-4,7-8H,2,5-6,9-10H2,1H3. The van der Waals surface area contributed by atoms with Crippen LogP contribution in [0.2, 0.25) is 0 Å². The van der Waals surface area contributed by atoms with E-state index in [2.05, 4.69) is 0 Å². The summed E-state index contributed by atoms with van der Waals surface area (Å²) in [5.41, 5.74) is 0. The lowest BCUT2D eigenvalue weighted by Gasteiger charge is -2.25. The first kappa shape index (κ1) is 11.6. The van der Waals surface area contributed by atoms with Crippen molar-refractivity contribution in [1.82, 2.24) is 4.31 Å². The average molecular weight is 239 g/mol. The normalized spacial score (nSPS) is 19.3. The molecule has 88 valence electrons. The van der Waals surface area contributed by atoms with Gasteiger partial charge < -0.3 is 4.74 Å². The molecule has 1 atom stereocenters. The Hall–Kier alpha value is -0.870. The van der Waals surface area contributed by atoms with Crippen molar-refractivity contribution in [2.24, 2.45) is 0 Å². The van der Waals surface area contributed by atoms with Gasteiger partial charge in [0, 0.05) is 13.1 Å². The van der Waals surface area contributed by atoms with Gasteiger partial charge in [0.2, 0.25) is 0 Å². The van der Waals surface area contributed by atoms with E-state index in [0.717, 1.165) is 30.8 Å². The molecule has 3 nitrogen and oxygen atoms in total. The molecule has 4 heteroatoms. The van der Waals surface area contributed by atoms with Crippen LogP contribution in [0.25, 0.3) is 0 Å². The maximum absolute atomic E-state index is 12.3. The first-order valence-corrected chi connectivity index (χ1v) is 6.73. The minimum absolute atomic E-state index is 0.714. The zero-order valence-electron chi connectivity index (χ0n) is 9.52. The lowest BCUT2D eigenvalue weighted by molar-refractivity contribution is 0.361. The van der Waals surface area contributed by atoms with Gasteiger partial charge in [-0.05, 0) is 25.0 Å². The quantitative estimate of drug-likeness (QED) is 0.809. The third kappa shape index (κ3) is 2.44. The Morgan fingerprint density at radius 3 is 2.56 bits per heavy atom. The van der Waals surface area contributed by atoms with Crippen LogP contribution >= 0.6 is 0 Å². The Labute approximate surface area is 99.0 Å². The van der Waals surface area contributed by atoms with Crippen LogP contribution in [-0.2, 0) is 11.0 Å². The molecule has 1 heterocycles. The minimum Gasteiger partial charge on any atom is -0.495 e. The molecular formula is C12H17NO2S. The Kier molecular flexibility index (Phi) is 3.96. The molecule has 1 saturated heterocycles. The van der Waals surface area contributed by atoms with E-state index in [1.807, 2.05) is 28.6 Å². The van der Waals surface area contributed by atoms with E-state index < -0.39 is 11.0 Å². The zero-order chi connectivity index (χ0) is 11.4. The number of benzene rings is 1. The van der Waals surface area contributed by atoms with Gasteiger partial charge in [0.1, 0.15) is 16.7 Å². The number of rotatable bonds is 3. The average Bonchev–Trinajstić information content (AvgIpc) is 2.39. The smallest absolute Gasteiger partial charge is 0.136 e. The Bertz CT molecular complexity index is 375. The molecular weight excluding hydrogens is 222 g/mol. The summed E-state index contributed by atoms with van der Waals surface area (Å²) in [6, 6.07) is 7.54. The minimum atomic E-state index is -1.07. The topological polar surface area (TPSA) is 29.5 Å². The van der Waals surface area contributed by atoms with Crippen LogP contribution in [0.15, 0.2) is 29.2 Å². The molecule has 0 N–H and O–H groups in total. The van der Waals surface area contributed by atoms with Gasteiger partial charge in [0.05, 0.1) is 12.0 Å². The molecule has 2 rings (SSSR count). The lowest BCUT2D eigenvalue weighted by atomic mass is 10.2. The number of hydrogen-bond donors (Lipinski definition) is 0. The van der Waals surface area contributed by atoms with Crippen molar-refractivity contribution in [3.63, 3.8) is 0 Å². The lowest BCUT2D eigenvalue weighted by Crippen LogP contribution is -2.31. The van der Waals surface area contributed by atoms with Gasteiger partial charge in [-0.2, -0.15) is 0 Å². The Morgan fingerprint density at radius 2 is 1.88 bits per heavy atom. The summed E-state index contributed by atoms with van der Waals surface area (Å²) in [5, 5.41) is 0. The van der Waals surface area contributed by atoms with Gasteiger partial charge in [-0.1, -0.05) is 18.6 Å². The predicted octanol–water partition coefficient (Wildman–Crippen LogP) is 2.20. The highest BCUT2D eigenvalue weighted by molar-refractivity contribution is 7.82. The van der Waals surface area contributed by atoms with Crippen molar-refractivity contribution >= 4 is 11.0 Å². The van der Waals surface area contributed by atoms with Crippen LogP contribution in [0.4, 0.5) is 0 Å². The second kappa shape index (κ2) is 5.46. The molecule has 0 amide bonds. The first-order valence-electron chi connectivity index (χ1n) is 5.63. The molecule has 1 aromatic rings. The van der Waals surface area contributed by atoms with Gasteiger partial charge in [0.15, 0.2) is 0 Å². The summed E-state index contributed by atoms with van der Waals surface area (Å²) in [5.74, 6) is 0.714. The maximum atomic E-state index is 12.3. The molecule has 0 aliphatic carbocycles. The molecule has 0 spiro atoms. The van der Waals surface area contributed by atoms with Gasteiger partial charge >= 0.3 is 0 Å². The number of ether oxygens (including phenoxy) is 1. The van der Waals surface area contributed by atoms with Crippen LogP contribution in [0.3, 0.4) is 0 Å². The van der Waals surface area contributed by atoms with Crippen molar-refractivity contribution in [2.75, 3.05) is 20.2 Å². The van der Waals surface area contributed by atoms with E-state index in [4.69, 9.17) is 4.74 Å². The molecule has 1 aliphatic heterocycles. The molecule has 0 bridgehead atoms. The van der Waals surface area contributed by atoms with Crippen molar-refractivity contribution in [1.29, 1.82) is 0 Å². The van der Waals surface area contributed by atoms with Crippen molar-refractivity contribution in [3.8, 4) is 5.75 Å². The van der Waals surface area contributed by atoms with Crippen LogP contribution in [0, 0.1) is 0 Å². The largest absolute Gasteiger partial charge is 0.495 e. The molecule has 1 aromatic carbocycles. The Balaban J connectivity index is 2.19. The van der Waals surface area contributed by atoms with E-state index in [1.165, 1.54) is 6.42 Å². The molecule has 0 aromatic heterocycles. The fourth-order valence-electron chi connectivity index (χ4n) is 1.93. The van der Waals surface area contributed by atoms with Gasteiger partial charge in [0.25, 0.3) is 0 Å². The number of nitrogens with zero attached hydrogens (tertiary/aromatic N) is 1. The predicted molar refractivity (Wildman–Crippen MR) is 64.8 cm³/mol. The summed E-state index contributed by atoms with van der Waals surface area (Å²) in [6.07, 6.45) is 3.53. The molecule has 16 heavy (non-hydrogen) atoms. The van der Waals surface area contributed by atoms with Crippen molar-refractivity contribution in [3.05, 3.63) is 24.3 Å². The summed E-state index contributed by atoms with van der Waals surface area (Å²) in [7, 11) is 0.544. The molecule has 1 fully saturated rings. The number of hydrogen-bond acceptors (Lipinski definition) is 2.